The molecule has 0 bridgehead atoms. The second kappa shape index (κ2) is 8.19. The van der Waals surface area contributed by atoms with E-state index in [0.717, 1.165) is 32.0 Å². The molecule has 0 radical (unpaired) electrons. The first-order valence-corrected chi connectivity index (χ1v) is 10.0. The van der Waals surface area contributed by atoms with E-state index in [1.165, 1.54) is 16.8 Å². The van der Waals surface area contributed by atoms with E-state index in [-0.39, 0.29) is 5.91 Å². The fourth-order valence-electron chi connectivity index (χ4n) is 3.93. The number of piperazine rings is 1. The van der Waals surface area contributed by atoms with E-state index in [1.807, 2.05) is 17.0 Å². The van der Waals surface area contributed by atoms with Crippen LogP contribution < -0.4 is 9.80 Å². The van der Waals surface area contributed by atoms with Gasteiger partial charge in [0.1, 0.15) is 5.82 Å². The van der Waals surface area contributed by atoms with Gasteiger partial charge in [0.05, 0.1) is 13.2 Å². The second-order valence-electron chi connectivity index (χ2n) is 7.50. The summed E-state index contributed by atoms with van der Waals surface area (Å²) in [6.45, 7) is 10.6. The largest absolute Gasteiger partial charge is 0.378 e. The van der Waals surface area contributed by atoms with Gasteiger partial charge in [0.25, 0.3) is 5.91 Å². The summed E-state index contributed by atoms with van der Waals surface area (Å²) in [5.41, 5.74) is 4.72. The minimum atomic E-state index is 0.0703. The monoisotopic (exact) mass is 380 g/mol. The molecule has 28 heavy (non-hydrogen) atoms. The average molecular weight is 380 g/mol. The van der Waals surface area contributed by atoms with Gasteiger partial charge in [-0.15, -0.1) is 0 Å². The molecule has 3 heterocycles. The molecular weight excluding hydrogens is 352 g/mol. The molecular formula is C22H28N4O2. The lowest BCUT2D eigenvalue weighted by atomic mass is 10.1. The van der Waals surface area contributed by atoms with Gasteiger partial charge in [-0.1, -0.05) is 12.1 Å². The lowest BCUT2D eigenvalue weighted by Gasteiger charge is -2.37. The summed E-state index contributed by atoms with van der Waals surface area (Å²) in [7, 11) is 0. The summed E-state index contributed by atoms with van der Waals surface area (Å²) >= 11 is 0. The Labute approximate surface area is 166 Å². The first-order chi connectivity index (χ1) is 13.6. The highest BCUT2D eigenvalue weighted by Crippen LogP contribution is 2.25. The number of pyridine rings is 1. The molecule has 0 aliphatic carbocycles. The smallest absolute Gasteiger partial charge is 0.254 e. The van der Waals surface area contributed by atoms with Crippen LogP contribution in [0.25, 0.3) is 0 Å². The normalized spacial score (nSPS) is 17.7. The zero-order chi connectivity index (χ0) is 19.5. The standard InChI is InChI=1S/C22H28N4O2/c1-17-4-3-5-20(18(17)2)24-8-10-25(11-9-24)21-16-19(6-7-23-21)22(27)26-12-14-28-15-13-26/h3-7,16H,8-15H2,1-2H3. The van der Waals surface area contributed by atoms with Crippen LogP contribution in [0.4, 0.5) is 11.5 Å². The number of rotatable bonds is 3. The number of carbonyl (C=O) groups excluding carboxylic acids is 1. The molecule has 1 aromatic heterocycles. The molecule has 0 unspecified atom stereocenters. The number of ether oxygens (including phenoxy) is 1. The average Bonchev–Trinajstić information content (AvgIpc) is 2.76. The van der Waals surface area contributed by atoms with E-state index < -0.39 is 0 Å². The van der Waals surface area contributed by atoms with Crippen LogP contribution in [0.5, 0.6) is 0 Å². The van der Waals surface area contributed by atoms with Crippen LogP contribution in [0.15, 0.2) is 36.5 Å². The zero-order valence-corrected chi connectivity index (χ0v) is 16.7. The Morgan fingerprint density at radius 3 is 2.43 bits per heavy atom. The molecule has 0 N–H and O–H groups in total. The van der Waals surface area contributed by atoms with Gasteiger partial charge in [0.2, 0.25) is 0 Å². The maximum atomic E-state index is 12.8. The van der Waals surface area contributed by atoms with E-state index in [4.69, 9.17) is 4.74 Å². The molecule has 1 aromatic carbocycles. The fraction of sp³-hybridized carbons (Fsp3) is 0.455. The molecule has 0 spiro atoms. The van der Waals surface area contributed by atoms with Crippen molar-refractivity contribution < 1.29 is 9.53 Å². The number of hydrogen-bond acceptors (Lipinski definition) is 5. The number of aromatic nitrogens is 1. The van der Waals surface area contributed by atoms with Crippen molar-refractivity contribution in [2.75, 3.05) is 62.3 Å². The number of morpholine rings is 1. The quantitative estimate of drug-likeness (QED) is 0.819. The number of hydrogen-bond donors (Lipinski definition) is 0. The van der Waals surface area contributed by atoms with Crippen LogP contribution in [0.1, 0.15) is 21.5 Å². The lowest BCUT2D eigenvalue weighted by Crippen LogP contribution is -2.47. The zero-order valence-electron chi connectivity index (χ0n) is 16.7. The Morgan fingerprint density at radius 1 is 0.964 bits per heavy atom. The van der Waals surface area contributed by atoms with Gasteiger partial charge >= 0.3 is 0 Å². The van der Waals surface area contributed by atoms with Gasteiger partial charge in [-0.3, -0.25) is 4.79 Å². The molecule has 6 nitrogen and oxygen atoms in total. The minimum absolute atomic E-state index is 0.0703. The Hall–Kier alpha value is -2.60. The van der Waals surface area contributed by atoms with Crippen molar-refractivity contribution in [1.82, 2.24) is 9.88 Å². The molecule has 148 valence electrons. The summed E-state index contributed by atoms with van der Waals surface area (Å²) in [6, 6.07) is 10.2. The van der Waals surface area contributed by atoms with Gasteiger partial charge in [-0.05, 0) is 43.2 Å². The van der Waals surface area contributed by atoms with Crippen LogP contribution in [-0.4, -0.2) is 68.3 Å². The van der Waals surface area contributed by atoms with Gasteiger partial charge in [-0.25, -0.2) is 4.98 Å². The van der Waals surface area contributed by atoms with E-state index in [1.54, 1.807) is 6.20 Å². The van der Waals surface area contributed by atoms with Crippen molar-refractivity contribution in [2.45, 2.75) is 13.8 Å². The van der Waals surface area contributed by atoms with Gasteiger partial charge in [0.15, 0.2) is 0 Å². The third-order valence-electron chi connectivity index (χ3n) is 5.81. The number of anilines is 2. The molecule has 1 amide bonds. The predicted octanol–water partition coefficient (Wildman–Crippen LogP) is 2.50. The summed E-state index contributed by atoms with van der Waals surface area (Å²) in [5, 5.41) is 0. The lowest BCUT2D eigenvalue weighted by molar-refractivity contribution is 0.0303. The van der Waals surface area contributed by atoms with Crippen molar-refractivity contribution in [3.05, 3.63) is 53.2 Å². The molecule has 6 heteroatoms. The van der Waals surface area contributed by atoms with Crippen LogP contribution in [0, 0.1) is 13.8 Å². The Morgan fingerprint density at radius 2 is 1.68 bits per heavy atom. The number of amides is 1. The molecule has 2 saturated heterocycles. The maximum absolute atomic E-state index is 12.8. The third-order valence-corrected chi connectivity index (χ3v) is 5.81. The third kappa shape index (κ3) is 3.83. The summed E-state index contributed by atoms with van der Waals surface area (Å²) in [6.07, 6.45) is 1.75. The Kier molecular flexibility index (Phi) is 5.48. The number of carbonyl (C=O) groups is 1. The van der Waals surface area contributed by atoms with Crippen molar-refractivity contribution in [2.24, 2.45) is 0 Å². The van der Waals surface area contributed by atoms with E-state index in [0.29, 0.717) is 31.9 Å². The first-order valence-electron chi connectivity index (χ1n) is 10.0. The maximum Gasteiger partial charge on any atom is 0.254 e. The van der Waals surface area contributed by atoms with Crippen molar-refractivity contribution in [1.29, 1.82) is 0 Å². The molecule has 0 atom stereocenters. The highest BCUT2D eigenvalue weighted by molar-refractivity contribution is 5.95. The second-order valence-corrected chi connectivity index (χ2v) is 7.50. The summed E-state index contributed by atoms with van der Waals surface area (Å²) in [5.74, 6) is 0.959. The fourth-order valence-corrected chi connectivity index (χ4v) is 3.93. The molecule has 0 saturated carbocycles. The van der Waals surface area contributed by atoms with E-state index in [9.17, 15) is 4.79 Å². The Bertz CT molecular complexity index is 840. The van der Waals surface area contributed by atoms with E-state index in [2.05, 4.69) is 46.8 Å². The van der Waals surface area contributed by atoms with Crippen molar-refractivity contribution in [3.63, 3.8) is 0 Å². The minimum Gasteiger partial charge on any atom is -0.378 e. The SMILES string of the molecule is Cc1cccc(N2CCN(c3cc(C(=O)N4CCOCC4)ccn3)CC2)c1C. The van der Waals surface area contributed by atoms with Crippen molar-refractivity contribution >= 4 is 17.4 Å². The van der Waals surface area contributed by atoms with Crippen LogP contribution in [-0.2, 0) is 4.74 Å². The van der Waals surface area contributed by atoms with Crippen LogP contribution in [0.2, 0.25) is 0 Å². The highest BCUT2D eigenvalue weighted by Gasteiger charge is 2.22. The molecule has 2 aliphatic rings. The summed E-state index contributed by atoms with van der Waals surface area (Å²) in [4.78, 5) is 23.9. The Balaban J connectivity index is 1.43. The van der Waals surface area contributed by atoms with Gasteiger partial charge < -0.3 is 19.4 Å². The first kappa shape index (κ1) is 18.7. The molecule has 2 aliphatic heterocycles. The topological polar surface area (TPSA) is 48.9 Å². The summed E-state index contributed by atoms with van der Waals surface area (Å²) < 4.78 is 5.35. The van der Waals surface area contributed by atoms with Gasteiger partial charge in [-0.2, -0.15) is 0 Å². The van der Waals surface area contributed by atoms with E-state index >= 15 is 0 Å². The molecule has 4 rings (SSSR count). The number of benzene rings is 1. The van der Waals surface area contributed by atoms with Gasteiger partial charge in [0, 0.05) is 56.7 Å². The van der Waals surface area contributed by atoms with Crippen LogP contribution >= 0.6 is 0 Å². The molecule has 2 aromatic rings. The van der Waals surface area contributed by atoms with Crippen molar-refractivity contribution in [3.8, 4) is 0 Å². The number of nitrogens with zero attached hydrogens (tertiary/aromatic N) is 4. The van der Waals surface area contributed by atoms with Crippen LogP contribution in [0.3, 0.4) is 0 Å². The predicted molar refractivity (Wildman–Crippen MR) is 111 cm³/mol. The number of aryl methyl sites for hydroxylation is 1. The molecule has 2 fully saturated rings. The highest BCUT2D eigenvalue weighted by atomic mass is 16.5.